The normalized spacial score (nSPS) is 18.5. The summed E-state index contributed by atoms with van der Waals surface area (Å²) in [6.45, 7) is 12.4. The fourth-order valence-electron chi connectivity index (χ4n) is 2.68. The second-order valence-electron chi connectivity index (χ2n) is 6.42. The molecule has 0 aromatic carbocycles. The predicted molar refractivity (Wildman–Crippen MR) is 74.2 cm³/mol. The van der Waals surface area contributed by atoms with Gasteiger partial charge in [0.05, 0.1) is 0 Å². The largest absolute Gasteiger partial charge is 0.381 e. The van der Waals surface area contributed by atoms with Gasteiger partial charge in [-0.2, -0.15) is 0 Å². The molecule has 2 nitrogen and oxygen atoms in total. The highest BCUT2D eigenvalue weighted by atomic mass is 16.5. The first-order chi connectivity index (χ1) is 8.08. The zero-order chi connectivity index (χ0) is 12.7. The van der Waals surface area contributed by atoms with Crippen molar-refractivity contribution >= 4 is 0 Å². The SMILES string of the molecule is CC(C)CC(CC(C)C)NCC1CCOCC1. The first kappa shape index (κ1) is 15.0. The van der Waals surface area contributed by atoms with Gasteiger partial charge >= 0.3 is 0 Å². The summed E-state index contributed by atoms with van der Waals surface area (Å²) in [7, 11) is 0. The molecule has 1 fully saturated rings. The highest BCUT2D eigenvalue weighted by molar-refractivity contribution is 4.74. The lowest BCUT2D eigenvalue weighted by molar-refractivity contribution is 0.0649. The second kappa shape index (κ2) is 8.10. The number of hydrogen-bond acceptors (Lipinski definition) is 2. The van der Waals surface area contributed by atoms with Crippen molar-refractivity contribution in [3.63, 3.8) is 0 Å². The molecule has 102 valence electrons. The molecule has 1 N–H and O–H groups in total. The standard InChI is InChI=1S/C15H31NO/c1-12(2)9-15(10-13(3)4)16-11-14-5-7-17-8-6-14/h12-16H,5-11H2,1-4H3. The molecule has 1 heterocycles. The molecule has 0 aromatic rings. The van der Waals surface area contributed by atoms with Crippen molar-refractivity contribution < 1.29 is 4.74 Å². The zero-order valence-corrected chi connectivity index (χ0v) is 12.2. The quantitative estimate of drug-likeness (QED) is 0.737. The number of ether oxygens (including phenoxy) is 1. The Hall–Kier alpha value is -0.0800. The third-order valence-corrected chi connectivity index (χ3v) is 3.55. The van der Waals surface area contributed by atoms with Crippen molar-refractivity contribution in [2.75, 3.05) is 19.8 Å². The Balaban J connectivity index is 2.26. The smallest absolute Gasteiger partial charge is 0.0469 e. The van der Waals surface area contributed by atoms with Crippen molar-refractivity contribution in [2.24, 2.45) is 17.8 Å². The maximum absolute atomic E-state index is 5.41. The summed E-state index contributed by atoms with van der Waals surface area (Å²) in [4.78, 5) is 0. The Bertz CT molecular complexity index is 175. The van der Waals surface area contributed by atoms with Crippen LogP contribution in [0, 0.1) is 17.8 Å². The van der Waals surface area contributed by atoms with Crippen molar-refractivity contribution in [1.29, 1.82) is 0 Å². The molecule has 0 spiro atoms. The highest BCUT2D eigenvalue weighted by Gasteiger charge is 2.17. The lowest BCUT2D eigenvalue weighted by atomic mass is 9.94. The molecule has 2 heteroatoms. The summed E-state index contributed by atoms with van der Waals surface area (Å²) in [5.74, 6) is 2.42. The Morgan fingerprint density at radius 2 is 1.53 bits per heavy atom. The van der Waals surface area contributed by atoms with E-state index in [1.807, 2.05) is 0 Å². The second-order valence-corrected chi connectivity index (χ2v) is 6.42. The Labute approximate surface area is 108 Å². The van der Waals surface area contributed by atoms with Crippen LogP contribution in [0.15, 0.2) is 0 Å². The summed E-state index contributed by atoms with van der Waals surface area (Å²) >= 11 is 0. The average molecular weight is 241 g/mol. The van der Waals surface area contributed by atoms with Crippen molar-refractivity contribution in [2.45, 2.75) is 59.4 Å². The molecule has 0 aliphatic carbocycles. The van der Waals surface area contributed by atoms with Crippen LogP contribution in [-0.2, 0) is 4.74 Å². The van der Waals surface area contributed by atoms with E-state index >= 15 is 0 Å². The number of rotatable bonds is 7. The van der Waals surface area contributed by atoms with Gasteiger partial charge in [0.15, 0.2) is 0 Å². The van der Waals surface area contributed by atoms with Gasteiger partial charge in [-0.25, -0.2) is 0 Å². The van der Waals surface area contributed by atoms with Crippen LogP contribution in [-0.4, -0.2) is 25.8 Å². The van der Waals surface area contributed by atoms with E-state index < -0.39 is 0 Å². The summed E-state index contributed by atoms with van der Waals surface area (Å²) < 4.78 is 5.41. The predicted octanol–water partition coefficient (Wildman–Crippen LogP) is 3.46. The maximum atomic E-state index is 5.41. The molecule has 0 bridgehead atoms. The fourth-order valence-corrected chi connectivity index (χ4v) is 2.68. The first-order valence-corrected chi connectivity index (χ1v) is 7.39. The van der Waals surface area contributed by atoms with Crippen LogP contribution < -0.4 is 5.32 Å². The molecule has 0 saturated carbocycles. The monoisotopic (exact) mass is 241 g/mol. The molecule has 1 saturated heterocycles. The maximum Gasteiger partial charge on any atom is 0.0469 e. The van der Waals surface area contributed by atoms with Crippen molar-refractivity contribution in [3.8, 4) is 0 Å². The molecule has 1 aliphatic rings. The zero-order valence-electron chi connectivity index (χ0n) is 12.2. The van der Waals surface area contributed by atoms with Gasteiger partial charge in [0.2, 0.25) is 0 Å². The number of nitrogens with one attached hydrogen (secondary N) is 1. The highest BCUT2D eigenvalue weighted by Crippen LogP contribution is 2.17. The molecule has 0 unspecified atom stereocenters. The van der Waals surface area contributed by atoms with Gasteiger partial charge in [-0.3, -0.25) is 0 Å². The van der Waals surface area contributed by atoms with E-state index in [4.69, 9.17) is 4.74 Å². The molecule has 0 atom stereocenters. The van der Waals surface area contributed by atoms with Crippen LogP contribution >= 0.6 is 0 Å². The van der Waals surface area contributed by atoms with E-state index in [0.717, 1.165) is 31.0 Å². The molecule has 17 heavy (non-hydrogen) atoms. The molecular formula is C15H31NO. The van der Waals surface area contributed by atoms with Crippen LogP contribution in [0.5, 0.6) is 0 Å². The number of hydrogen-bond donors (Lipinski definition) is 1. The minimum atomic E-state index is 0.706. The fraction of sp³-hybridized carbons (Fsp3) is 1.00. The minimum Gasteiger partial charge on any atom is -0.381 e. The molecule has 0 amide bonds. The Kier molecular flexibility index (Phi) is 7.14. The Morgan fingerprint density at radius 1 is 1.00 bits per heavy atom. The van der Waals surface area contributed by atoms with Crippen LogP contribution in [0.3, 0.4) is 0 Å². The third kappa shape index (κ3) is 7.05. The van der Waals surface area contributed by atoms with Gasteiger partial charge < -0.3 is 10.1 Å². The van der Waals surface area contributed by atoms with E-state index in [9.17, 15) is 0 Å². The molecular weight excluding hydrogens is 210 g/mol. The Morgan fingerprint density at radius 3 is 2.00 bits per heavy atom. The van der Waals surface area contributed by atoms with E-state index in [1.165, 1.54) is 32.2 Å². The van der Waals surface area contributed by atoms with Crippen LogP contribution in [0.4, 0.5) is 0 Å². The van der Waals surface area contributed by atoms with Crippen LogP contribution in [0.2, 0.25) is 0 Å². The summed E-state index contributed by atoms with van der Waals surface area (Å²) in [6.07, 6.45) is 5.09. The van der Waals surface area contributed by atoms with Crippen molar-refractivity contribution in [1.82, 2.24) is 5.32 Å². The van der Waals surface area contributed by atoms with Gasteiger partial charge in [-0.1, -0.05) is 27.7 Å². The summed E-state index contributed by atoms with van der Waals surface area (Å²) in [5.41, 5.74) is 0. The van der Waals surface area contributed by atoms with E-state index in [2.05, 4.69) is 33.0 Å². The van der Waals surface area contributed by atoms with E-state index in [1.54, 1.807) is 0 Å². The minimum absolute atomic E-state index is 0.706. The molecule has 1 rings (SSSR count). The first-order valence-electron chi connectivity index (χ1n) is 7.39. The van der Waals surface area contributed by atoms with Gasteiger partial charge in [0, 0.05) is 19.3 Å². The molecule has 1 aliphatic heterocycles. The summed E-state index contributed by atoms with van der Waals surface area (Å²) in [5, 5.41) is 3.80. The lowest BCUT2D eigenvalue weighted by Crippen LogP contribution is -2.37. The molecule has 0 radical (unpaired) electrons. The summed E-state index contributed by atoms with van der Waals surface area (Å²) in [6, 6.07) is 0.706. The van der Waals surface area contributed by atoms with Gasteiger partial charge in [0.1, 0.15) is 0 Å². The third-order valence-electron chi connectivity index (χ3n) is 3.55. The van der Waals surface area contributed by atoms with Crippen LogP contribution in [0.25, 0.3) is 0 Å². The molecule has 0 aromatic heterocycles. The lowest BCUT2D eigenvalue weighted by Gasteiger charge is -2.27. The van der Waals surface area contributed by atoms with Gasteiger partial charge in [0.25, 0.3) is 0 Å². The average Bonchev–Trinajstić information content (AvgIpc) is 2.26. The van der Waals surface area contributed by atoms with E-state index in [-0.39, 0.29) is 0 Å². The van der Waals surface area contributed by atoms with E-state index in [0.29, 0.717) is 6.04 Å². The van der Waals surface area contributed by atoms with Crippen molar-refractivity contribution in [3.05, 3.63) is 0 Å². The van der Waals surface area contributed by atoms with Gasteiger partial charge in [-0.15, -0.1) is 0 Å². The topological polar surface area (TPSA) is 21.3 Å². The van der Waals surface area contributed by atoms with Crippen LogP contribution in [0.1, 0.15) is 53.4 Å². The van der Waals surface area contributed by atoms with Gasteiger partial charge in [-0.05, 0) is 50.0 Å².